The molecular formula is C19H29ClIN5O. The molecule has 2 rings (SSSR count). The van der Waals surface area contributed by atoms with Gasteiger partial charge in [0, 0.05) is 36.9 Å². The lowest BCUT2D eigenvalue weighted by Crippen LogP contribution is -2.40. The van der Waals surface area contributed by atoms with E-state index in [0.29, 0.717) is 24.7 Å². The molecule has 0 saturated heterocycles. The fourth-order valence-corrected chi connectivity index (χ4v) is 2.81. The number of rotatable bonds is 7. The predicted octanol–water partition coefficient (Wildman–Crippen LogP) is 3.78. The Morgan fingerprint density at radius 3 is 2.70 bits per heavy atom. The van der Waals surface area contributed by atoms with Crippen molar-refractivity contribution in [1.82, 2.24) is 20.0 Å². The lowest BCUT2D eigenvalue weighted by molar-refractivity contribution is 0.281. The Kier molecular flexibility index (Phi) is 9.93. The topological polar surface area (TPSA) is 54.7 Å². The standard InChI is InChI=1S/C19H28ClN5O.HI/c1-6-21-19(22-13-18-14(2)23-25(5)15(18)3)24(4)10-11-26-17-9-7-8-16(20)12-17;/h7-9,12H,6,10-11,13H2,1-5H3,(H,21,22);1H. The summed E-state index contributed by atoms with van der Waals surface area (Å²) in [5, 5.41) is 8.45. The molecule has 0 aliphatic carbocycles. The highest BCUT2D eigenvalue weighted by atomic mass is 127. The Morgan fingerprint density at radius 1 is 1.37 bits per heavy atom. The molecule has 1 aromatic heterocycles. The van der Waals surface area contributed by atoms with Gasteiger partial charge in [0.15, 0.2) is 5.96 Å². The molecule has 0 aliphatic heterocycles. The van der Waals surface area contributed by atoms with Crippen LogP contribution in [0.2, 0.25) is 5.02 Å². The monoisotopic (exact) mass is 505 g/mol. The van der Waals surface area contributed by atoms with Crippen molar-refractivity contribution in [1.29, 1.82) is 0 Å². The van der Waals surface area contributed by atoms with Gasteiger partial charge in [0.25, 0.3) is 0 Å². The van der Waals surface area contributed by atoms with Crippen LogP contribution in [0.15, 0.2) is 29.3 Å². The molecular weight excluding hydrogens is 477 g/mol. The highest BCUT2D eigenvalue weighted by Gasteiger charge is 2.11. The molecule has 0 saturated carbocycles. The number of benzene rings is 1. The number of aliphatic imine (C=N–C) groups is 1. The van der Waals surface area contributed by atoms with Crippen LogP contribution in [0, 0.1) is 13.8 Å². The first kappa shape index (κ1) is 23.6. The van der Waals surface area contributed by atoms with Gasteiger partial charge in [-0.3, -0.25) is 4.68 Å². The lowest BCUT2D eigenvalue weighted by atomic mass is 10.2. The Balaban J connectivity index is 0.00000364. The van der Waals surface area contributed by atoms with E-state index in [0.717, 1.165) is 29.6 Å². The minimum absolute atomic E-state index is 0. The summed E-state index contributed by atoms with van der Waals surface area (Å²) in [7, 11) is 3.96. The van der Waals surface area contributed by atoms with Crippen molar-refractivity contribution in [2.24, 2.45) is 12.0 Å². The van der Waals surface area contributed by atoms with E-state index in [-0.39, 0.29) is 24.0 Å². The quantitative estimate of drug-likeness (QED) is 0.353. The van der Waals surface area contributed by atoms with Gasteiger partial charge in [0.1, 0.15) is 12.4 Å². The summed E-state index contributed by atoms with van der Waals surface area (Å²) in [6.07, 6.45) is 0. The third kappa shape index (κ3) is 6.88. The summed E-state index contributed by atoms with van der Waals surface area (Å²) in [6.45, 7) is 8.83. The molecule has 0 amide bonds. The number of nitrogens with zero attached hydrogens (tertiary/aromatic N) is 4. The van der Waals surface area contributed by atoms with Crippen LogP contribution in [0.5, 0.6) is 5.75 Å². The molecule has 0 unspecified atom stereocenters. The Hall–Kier alpha value is -1.48. The molecule has 2 aromatic rings. The third-order valence-electron chi connectivity index (χ3n) is 4.23. The molecule has 0 aliphatic rings. The fourth-order valence-electron chi connectivity index (χ4n) is 2.63. The van der Waals surface area contributed by atoms with E-state index in [2.05, 4.69) is 29.2 Å². The van der Waals surface area contributed by atoms with Crippen molar-refractivity contribution >= 4 is 41.5 Å². The summed E-state index contributed by atoms with van der Waals surface area (Å²) in [4.78, 5) is 6.82. The number of hydrogen-bond donors (Lipinski definition) is 1. The molecule has 1 N–H and O–H groups in total. The van der Waals surface area contributed by atoms with E-state index in [1.54, 1.807) is 0 Å². The Labute approximate surface area is 184 Å². The van der Waals surface area contributed by atoms with Crippen LogP contribution in [0.1, 0.15) is 23.9 Å². The number of aromatic nitrogens is 2. The second-order valence-corrected chi connectivity index (χ2v) is 6.61. The molecule has 0 fully saturated rings. The van der Waals surface area contributed by atoms with E-state index < -0.39 is 0 Å². The third-order valence-corrected chi connectivity index (χ3v) is 4.47. The summed E-state index contributed by atoms with van der Waals surface area (Å²) < 4.78 is 7.67. The molecule has 27 heavy (non-hydrogen) atoms. The number of guanidine groups is 1. The second-order valence-electron chi connectivity index (χ2n) is 6.17. The molecule has 1 aromatic carbocycles. The van der Waals surface area contributed by atoms with Gasteiger partial charge in [-0.15, -0.1) is 24.0 Å². The predicted molar refractivity (Wildman–Crippen MR) is 122 cm³/mol. The normalized spacial score (nSPS) is 11.1. The minimum Gasteiger partial charge on any atom is -0.492 e. The Bertz CT molecular complexity index is 763. The van der Waals surface area contributed by atoms with E-state index in [4.69, 9.17) is 21.3 Å². The highest BCUT2D eigenvalue weighted by molar-refractivity contribution is 14.0. The number of hydrogen-bond acceptors (Lipinski definition) is 3. The number of aryl methyl sites for hydroxylation is 2. The van der Waals surface area contributed by atoms with Gasteiger partial charge < -0.3 is 15.0 Å². The van der Waals surface area contributed by atoms with Crippen LogP contribution in [0.3, 0.4) is 0 Å². The average molecular weight is 506 g/mol. The summed E-state index contributed by atoms with van der Waals surface area (Å²) in [5.74, 6) is 1.62. The van der Waals surface area contributed by atoms with Gasteiger partial charge in [-0.25, -0.2) is 4.99 Å². The molecule has 1 heterocycles. The van der Waals surface area contributed by atoms with Gasteiger partial charge in [-0.2, -0.15) is 5.10 Å². The number of nitrogens with one attached hydrogen (secondary N) is 1. The SMILES string of the molecule is CCNC(=NCc1c(C)nn(C)c1C)N(C)CCOc1cccc(Cl)c1.I. The highest BCUT2D eigenvalue weighted by Crippen LogP contribution is 2.17. The zero-order valence-corrected chi connectivity index (χ0v) is 19.7. The van der Waals surface area contributed by atoms with Crippen molar-refractivity contribution in [3.05, 3.63) is 46.2 Å². The maximum Gasteiger partial charge on any atom is 0.194 e. The van der Waals surface area contributed by atoms with Crippen LogP contribution in [0.4, 0.5) is 0 Å². The van der Waals surface area contributed by atoms with Crippen LogP contribution >= 0.6 is 35.6 Å². The number of ether oxygens (including phenoxy) is 1. The summed E-state index contributed by atoms with van der Waals surface area (Å²) in [6, 6.07) is 7.43. The van der Waals surface area contributed by atoms with Crippen LogP contribution in [-0.2, 0) is 13.6 Å². The molecule has 6 nitrogen and oxygen atoms in total. The summed E-state index contributed by atoms with van der Waals surface area (Å²) >= 11 is 5.98. The molecule has 150 valence electrons. The fraction of sp³-hybridized carbons (Fsp3) is 0.474. The largest absolute Gasteiger partial charge is 0.492 e. The molecule has 8 heteroatoms. The van der Waals surface area contributed by atoms with Crippen molar-refractivity contribution < 1.29 is 4.74 Å². The molecule has 0 radical (unpaired) electrons. The molecule has 0 bridgehead atoms. The second kappa shape index (κ2) is 11.4. The average Bonchev–Trinajstić information content (AvgIpc) is 2.84. The van der Waals surface area contributed by atoms with E-state index >= 15 is 0 Å². The molecule has 0 atom stereocenters. The molecule has 0 spiro atoms. The van der Waals surface area contributed by atoms with Crippen LogP contribution in [0.25, 0.3) is 0 Å². The smallest absolute Gasteiger partial charge is 0.194 e. The van der Waals surface area contributed by atoms with E-state index in [1.807, 2.05) is 50.0 Å². The van der Waals surface area contributed by atoms with Gasteiger partial charge in [-0.1, -0.05) is 17.7 Å². The van der Waals surface area contributed by atoms with Crippen molar-refractivity contribution in [2.45, 2.75) is 27.3 Å². The van der Waals surface area contributed by atoms with Gasteiger partial charge in [-0.05, 0) is 39.0 Å². The van der Waals surface area contributed by atoms with E-state index in [9.17, 15) is 0 Å². The van der Waals surface area contributed by atoms with Crippen molar-refractivity contribution in [3.63, 3.8) is 0 Å². The lowest BCUT2D eigenvalue weighted by Gasteiger charge is -2.22. The van der Waals surface area contributed by atoms with Gasteiger partial charge in [0.2, 0.25) is 0 Å². The summed E-state index contributed by atoms with van der Waals surface area (Å²) in [5.41, 5.74) is 3.34. The van der Waals surface area contributed by atoms with Gasteiger partial charge >= 0.3 is 0 Å². The van der Waals surface area contributed by atoms with Crippen molar-refractivity contribution in [2.75, 3.05) is 26.7 Å². The van der Waals surface area contributed by atoms with Crippen LogP contribution in [-0.4, -0.2) is 47.4 Å². The van der Waals surface area contributed by atoms with Gasteiger partial charge in [0.05, 0.1) is 18.8 Å². The number of halogens is 2. The zero-order valence-electron chi connectivity index (χ0n) is 16.6. The maximum absolute atomic E-state index is 5.98. The number of likely N-dealkylation sites (N-methyl/N-ethyl adjacent to an activating group) is 1. The first-order valence-electron chi connectivity index (χ1n) is 8.79. The van der Waals surface area contributed by atoms with Crippen molar-refractivity contribution in [3.8, 4) is 5.75 Å². The first-order valence-corrected chi connectivity index (χ1v) is 9.17. The Morgan fingerprint density at radius 2 is 2.11 bits per heavy atom. The van der Waals surface area contributed by atoms with Crippen LogP contribution < -0.4 is 10.1 Å². The first-order chi connectivity index (χ1) is 12.4. The maximum atomic E-state index is 5.98. The van der Waals surface area contributed by atoms with E-state index in [1.165, 1.54) is 5.56 Å². The minimum atomic E-state index is 0. The zero-order chi connectivity index (χ0) is 19.1.